The largest absolute Gasteiger partial charge is 0.429 e. The van der Waals surface area contributed by atoms with Crippen LogP contribution in [0.25, 0.3) is 38.6 Å². The SMILES string of the molecule is CC(c1oc(=O)c2ccccc2c1C1=CCN(C(=O)C2CN(C)C2)CC1)n1nc(-c2cc(F)cc(OC=O)c2)c2c(N)ncnc21. The summed E-state index contributed by atoms with van der Waals surface area (Å²) in [5.41, 5.74) is 8.37. The molecule has 3 aromatic heterocycles. The summed E-state index contributed by atoms with van der Waals surface area (Å²) in [7, 11) is 2.00. The number of anilines is 1. The number of halogens is 1. The fourth-order valence-electron chi connectivity index (χ4n) is 6.45. The summed E-state index contributed by atoms with van der Waals surface area (Å²) in [5, 5.41) is 6.31. The average Bonchev–Trinajstić information content (AvgIpc) is 3.44. The molecule has 5 heterocycles. The molecule has 1 amide bonds. The molecule has 0 spiro atoms. The molecule has 2 aliphatic rings. The Morgan fingerprint density at radius 2 is 1.96 bits per heavy atom. The van der Waals surface area contributed by atoms with Gasteiger partial charge in [0.2, 0.25) is 5.91 Å². The third-order valence-electron chi connectivity index (χ3n) is 8.71. The van der Waals surface area contributed by atoms with Gasteiger partial charge in [-0.05, 0) is 49.6 Å². The number of nitrogens with zero attached hydrogens (tertiary/aromatic N) is 6. The normalized spacial score (nSPS) is 16.3. The van der Waals surface area contributed by atoms with Crippen LogP contribution in [0.5, 0.6) is 5.75 Å². The van der Waals surface area contributed by atoms with E-state index in [0.717, 1.165) is 35.7 Å². The summed E-state index contributed by atoms with van der Waals surface area (Å²) >= 11 is 0. The lowest BCUT2D eigenvalue weighted by Crippen LogP contribution is -2.53. The van der Waals surface area contributed by atoms with E-state index in [2.05, 4.69) is 14.9 Å². The molecule has 0 radical (unpaired) electrons. The highest BCUT2D eigenvalue weighted by Crippen LogP contribution is 2.39. The zero-order chi connectivity index (χ0) is 32.1. The molecule has 0 bridgehead atoms. The van der Waals surface area contributed by atoms with E-state index in [9.17, 15) is 18.8 Å². The number of rotatable bonds is 7. The van der Waals surface area contributed by atoms with Gasteiger partial charge in [-0.25, -0.2) is 23.8 Å². The molecule has 1 saturated heterocycles. The molecule has 12 nitrogen and oxygen atoms in total. The van der Waals surface area contributed by atoms with Gasteiger partial charge in [-0.15, -0.1) is 0 Å². The minimum absolute atomic E-state index is 0.0138. The zero-order valence-electron chi connectivity index (χ0n) is 25.1. The Labute approximate surface area is 261 Å². The third-order valence-corrected chi connectivity index (χ3v) is 8.71. The molecule has 13 heteroatoms. The summed E-state index contributed by atoms with van der Waals surface area (Å²) < 4.78 is 27.1. The molecule has 1 fully saturated rings. The van der Waals surface area contributed by atoms with Gasteiger partial charge in [0, 0.05) is 43.4 Å². The fourth-order valence-corrected chi connectivity index (χ4v) is 6.45. The lowest BCUT2D eigenvalue weighted by atomic mass is 9.91. The average molecular weight is 624 g/mol. The predicted molar refractivity (Wildman–Crippen MR) is 168 cm³/mol. The van der Waals surface area contributed by atoms with Gasteiger partial charge in [-0.1, -0.05) is 24.3 Å². The molecule has 46 heavy (non-hydrogen) atoms. The zero-order valence-corrected chi connectivity index (χ0v) is 25.1. The molecule has 5 aromatic rings. The van der Waals surface area contributed by atoms with Crippen molar-refractivity contribution in [2.24, 2.45) is 5.92 Å². The Bertz CT molecular complexity index is 2120. The molecular formula is C33H30FN7O5. The van der Waals surface area contributed by atoms with E-state index in [1.54, 1.807) is 16.8 Å². The minimum atomic E-state index is -0.691. The molecule has 1 unspecified atom stereocenters. The molecular weight excluding hydrogens is 593 g/mol. The topological polar surface area (TPSA) is 150 Å². The number of likely N-dealkylation sites (tertiary alicyclic amines) is 1. The first kappa shape index (κ1) is 29.3. The van der Waals surface area contributed by atoms with Crippen molar-refractivity contribution in [2.45, 2.75) is 19.4 Å². The second kappa shape index (κ2) is 11.5. The number of nitrogen functional groups attached to an aromatic ring is 1. The number of hydrogen-bond acceptors (Lipinski definition) is 10. The van der Waals surface area contributed by atoms with Gasteiger partial charge in [0.25, 0.3) is 6.47 Å². The standard InChI is InChI=1S/C33H30FN7O5/c1-18(41-31-27(30(35)36-16-37-31)28(38-41)20-11-22(34)13-23(12-20)45-17-42)29-26(24-5-3-4-6-25(24)33(44)46-29)19-7-9-40(10-8-19)32(43)21-14-39(2)15-21/h3-7,11-13,16-18,21H,8-10,14-15H2,1-2H3,(H2,35,36,37). The molecule has 0 aliphatic carbocycles. The van der Waals surface area contributed by atoms with Gasteiger partial charge >= 0.3 is 5.63 Å². The quantitative estimate of drug-likeness (QED) is 0.266. The summed E-state index contributed by atoms with van der Waals surface area (Å²) in [4.78, 5) is 49.9. The van der Waals surface area contributed by atoms with Crippen LogP contribution in [0.15, 0.2) is 64.1 Å². The van der Waals surface area contributed by atoms with E-state index in [1.165, 1.54) is 18.5 Å². The maximum Gasteiger partial charge on any atom is 0.343 e. The maximum atomic E-state index is 14.6. The van der Waals surface area contributed by atoms with E-state index < -0.39 is 17.5 Å². The Kier molecular flexibility index (Phi) is 7.32. The van der Waals surface area contributed by atoms with E-state index in [1.807, 2.05) is 37.1 Å². The van der Waals surface area contributed by atoms with Crippen molar-refractivity contribution in [1.82, 2.24) is 29.5 Å². The van der Waals surface area contributed by atoms with E-state index in [-0.39, 0.29) is 41.1 Å². The number of amides is 1. The van der Waals surface area contributed by atoms with Gasteiger partial charge in [-0.3, -0.25) is 9.59 Å². The van der Waals surface area contributed by atoms with Crippen LogP contribution < -0.4 is 16.1 Å². The number of nitrogens with two attached hydrogens (primary N) is 1. The van der Waals surface area contributed by atoms with Crippen molar-refractivity contribution in [2.75, 3.05) is 39.0 Å². The van der Waals surface area contributed by atoms with Crippen molar-refractivity contribution in [3.8, 4) is 17.0 Å². The Hall–Kier alpha value is -5.43. The van der Waals surface area contributed by atoms with E-state index in [4.69, 9.17) is 20.0 Å². The van der Waals surface area contributed by atoms with E-state index in [0.29, 0.717) is 41.7 Å². The third kappa shape index (κ3) is 4.98. The second-order valence-corrected chi connectivity index (χ2v) is 11.7. The van der Waals surface area contributed by atoms with Crippen molar-refractivity contribution in [3.05, 3.63) is 82.4 Å². The number of carbonyl (C=O) groups excluding carboxylic acids is 2. The first-order valence-corrected chi connectivity index (χ1v) is 14.9. The number of hydrogen-bond donors (Lipinski definition) is 1. The van der Waals surface area contributed by atoms with Crippen LogP contribution in [0.3, 0.4) is 0 Å². The van der Waals surface area contributed by atoms with Gasteiger partial charge in [0.05, 0.1) is 16.7 Å². The molecule has 2 N–H and O–H groups in total. The summed E-state index contributed by atoms with van der Waals surface area (Å²) in [6, 6.07) is 10.3. The molecule has 2 aliphatic heterocycles. The van der Waals surface area contributed by atoms with Gasteiger partial charge in [0.1, 0.15) is 41.2 Å². The van der Waals surface area contributed by atoms with Crippen LogP contribution in [0.4, 0.5) is 10.2 Å². The highest BCUT2D eigenvalue weighted by atomic mass is 19.1. The smallest absolute Gasteiger partial charge is 0.343 e. The number of benzene rings is 2. The highest BCUT2D eigenvalue weighted by molar-refractivity contribution is 5.99. The van der Waals surface area contributed by atoms with Crippen molar-refractivity contribution < 1.29 is 23.1 Å². The Balaban J connectivity index is 1.36. The summed E-state index contributed by atoms with van der Waals surface area (Å²) in [6.45, 7) is 4.53. The van der Waals surface area contributed by atoms with Crippen molar-refractivity contribution in [3.63, 3.8) is 0 Å². The van der Waals surface area contributed by atoms with Gasteiger partial charge in [-0.2, -0.15) is 5.10 Å². The number of aromatic nitrogens is 4. The summed E-state index contributed by atoms with van der Waals surface area (Å²) in [6.07, 6.45) is 3.88. The highest BCUT2D eigenvalue weighted by Gasteiger charge is 2.34. The molecule has 1 atom stereocenters. The maximum absolute atomic E-state index is 14.6. The summed E-state index contributed by atoms with van der Waals surface area (Å²) in [5.74, 6) is -0.0318. The lowest BCUT2D eigenvalue weighted by molar-refractivity contribution is -0.140. The van der Waals surface area contributed by atoms with Gasteiger partial charge in [0.15, 0.2) is 5.65 Å². The molecule has 0 saturated carbocycles. The monoisotopic (exact) mass is 623 g/mol. The van der Waals surface area contributed by atoms with Crippen LogP contribution in [0, 0.1) is 11.7 Å². The predicted octanol–water partition coefficient (Wildman–Crippen LogP) is 3.64. The second-order valence-electron chi connectivity index (χ2n) is 11.7. The molecule has 234 valence electrons. The van der Waals surface area contributed by atoms with Crippen LogP contribution in [0.2, 0.25) is 0 Å². The number of ether oxygens (including phenoxy) is 1. The van der Waals surface area contributed by atoms with Crippen LogP contribution in [-0.2, 0) is 9.59 Å². The fraction of sp³-hybridized carbons (Fsp3) is 0.273. The number of carbonyl (C=O) groups is 2. The molecule has 2 aromatic carbocycles. The van der Waals surface area contributed by atoms with E-state index >= 15 is 0 Å². The molecule has 7 rings (SSSR count). The lowest BCUT2D eigenvalue weighted by Gasteiger charge is -2.39. The van der Waals surface area contributed by atoms with Crippen molar-refractivity contribution >= 4 is 45.6 Å². The Morgan fingerprint density at radius 1 is 1.17 bits per heavy atom. The van der Waals surface area contributed by atoms with Crippen molar-refractivity contribution in [1.29, 1.82) is 0 Å². The van der Waals surface area contributed by atoms with Crippen LogP contribution >= 0.6 is 0 Å². The van der Waals surface area contributed by atoms with Gasteiger partial charge < -0.3 is 24.7 Å². The van der Waals surface area contributed by atoms with Crippen LogP contribution in [0.1, 0.15) is 30.7 Å². The Morgan fingerprint density at radius 3 is 2.67 bits per heavy atom. The first-order valence-electron chi connectivity index (χ1n) is 14.9. The number of fused-ring (bicyclic) bond motifs is 2. The minimum Gasteiger partial charge on any atom is -0.429 e. The van der Waals surface area contributed by atoms with Crippen LogP contribution in [-0.4, -0.2) is 75.2 Å². The first-order chi connectivity index (χ1) is 22.2.